The molecule has 1 amide bonds. The van der Waals surface area contributed by atoms with Crippen LogP contribution >= 0.6 is 0 Å². The summed E-state index contributed by atoms with van der Waals surface area (Å²) in [5.41, 5.74) is 0.307. The van der Waals surface area contributed by atoms with E-state index >= 15 is 0 Å². The van der Waals surface area contributed by atoms with Crippen molar-refractivity contribution in [2.75, 3.05) is 34.5 Å². The number of epoxide rings is 1. The number of carbonyl (C=O) groups excluding carboxylic acids is 1. The minimum Gasteiger partial charge on any atom is -0.497 e. The van der Waals surface area contributed by atoms with E-state index in [1.807, 2.05) is 24.3 Å². The van der Waals surface area contributed by atoms with Gasteiger partial charge in [-0.05, 0) is 79.0 Å². The number of aliphatic hydroxyl groups is 1. The molecule has 10 nitrogen and oxygen atoms in total. The van der Waals surface area contributed by atoms with Gasteiger partial charge in [0.15, 0.2) is 25.0 Å². The molecule has 1 aliphatic heterocycles. The highest BCUT2D eigenvalue weighted by Gasteiger charge is 2.65. The molecule has 0 radical (unpaired) electrons. The Morgan fingerprint density at radius 1 is 0.895 bits per heavy atom. The molecule has 13 heteroatoms. The number of benzene rings is 1. The maximum atomic E-state index is 13.6. The van der Waals surface area contributed by atoms with Crippen molar-refractivity contribution >= 4 is 30.9 Å². The Balaban J connectivity index is 2.70. The fourth-order valence-electron chi connectivity index (χ4n) is 6.34. The van der Waals surface area contributed by atoms with Crippen molar-refractivity contribution in [1.82, 2.24) is 5.06 Å². The van der Waals surface area contributed by atoms with E-state index in [1.165, 1.54) is 12.2 Å². The number of amides is 1. The van der Waals surface area contributed by atoms with Crippen molar-refractivity contribution in [2.24, 2.45) is 17.8 Å². The summed E-state index contributed by atoms with van der Waals surface area (Å²) in [4.78, 5) is 18.9. The number of hydrogen-bond acceptors (Lipinski definition) is 9. The molecule has 1 saturated heterocycles. The van der Waals surface area contributed by atoms with Crippen LogP contribution in [0.1, 0.15) is 88.1 Å². The van der Waals surface area contributed by atoms with Crippen molar-refractivity contribution in [3.05, 3.63) is 42.5 Å². The number of methoxy groups -OCH3 is 1. The maximum absolute atomic E-state index is 13.6. The molecule has 1 aromatic carbocycles. The van der Waals surface area contributed by atoms with Gasteiger partial charge in [0.25, 0.3) is 0 Å². The van der Waals surface area contributed by atoms with E-state index in [2.05, 4.69) is 122 Å². The third kappa shape index (κ3) is 13.3. The second kappa shape index (κ2) is 19.5. The third-order valence-corrected chi connectivity index (χ3v) is 27.1. The van der Waals surface area contributed by atoms with Crippen LogP contribution in [-0.4, -0.2) is 106 Å². The van der Waals surface area contributed by atoms with Crippen LogP contribution in [0.4, 0.5) is 0 Å². The number of hydroxylamine groups is 2. The van der Waals surface area contributed by atoms with Crippen LogP contribution in [0.5, 0.6) is 5.75 Å². The minimum atomic E-state index is -2.49. The molecule has 2 rings (SSSR count). The molecule has 0 saturated carbocycles. The molecule has 1 fully saturated rings. The number of nitrogens with zero attached hydrogens (tertiary/aromatic N) is 1. The highest BCUT2D eigenvalue weighted by atomic mass is 28.4. The summed E-state index contributed by atoms with van der Waals surface area (Å²) in [6, 6.07) is 7.90. The average molecular weight is 854 g/mol. The standard InChI is InChI=1S/C44H83NO9Si3/c1-22-34(36(27-37(46)45(13)49-15)53-56(18,19)42(6,7)8)38(47)35(30-51-55(16,17)41(3,4)5)40(54-57(20,21)43(9,10)11)44(12)39(52-44)31(2)28-50-29-32-23-25-33(48-14)26-24-32/h22-26,31,34-36,38-40,47H,1,27-30H2,2-21H3/t31-,34-,35-,36+,38+,39+,40-,44?/m0/s1. The van der Waals surface area contributed by atoms with Crippen LogP contribution in [0.25, 0.3) is 0 Å². The van der Waals surface area contributed by atoms with Crippen molar-refractivity contribution in [2.45, 2.75) is 174 Å². The van der Waals surface area contributed by atoms with E-state index in [1.54, 1.807) is 20.2 Å². The molecular formula is C44H83NO9Si3. The quantitative estimate of drug-likeness (QED) is 0.0528. The fraction of sp³-hybridized carbons (Fsp3) is 0.795. The van der Waals surface area contributed by atoms with Crippen molar-refractivity contribution in [1.29, 1.82) is 0 Å². The van der Waals surface area contributed by atoms with Gasteiger partial charge in [0.1, 0.15) is 11.4 Å². The largest absolute Gasteiger partial charge is 0.497 e. The molecule has 0 aromatic heterocycles. The summed E-state index contributed by atoms with van der Waals surface area (Å²) in [6.45, 7) is 42.9. The fourth-order valence-corrected chi connectivity index (χ4v) is 10.1. The lowest BCUT2D eigenvalue weighted by Gasteiger charge is -2.47. The van der Waals surface area contributed by atoms with Gasteiger partial charge in [-0.3, -0.25) is 9.63 Å². The molecule has 57 heavy (non-hydrogen) atoms. The summed E-state index contributed by atoms with van der Waals surface area (Å²) in [6.07, 6.45) is -0.714. The van der Waals surface area contributed by atoms with E-state index in [-0.39, 0.29) is 46.1 Å². The van der Waals surface area contributed by atoms with Gasteiger partial charge < -0.3 is 32.6 Å². The topological polar surface area (TPSA) is 108 Å². The Kier molecular flexibility index (Phi) is 17.7. The van der Waals surface area contributed by atoms with Gasteiger partial charge in [-0.1, -0.05) is 87.4 Å². The first kappa shape index (κ1) is 51.7. The Labute approximate surface area is 351 Å². The first-order chi connectivity index (χ1) is 25.8. The van der Waals surface area contributed by atoms with Gasteiger partial charge in [0.2, 0.25) is 5.91 Å². The minimum absolute atomic E-state index is 0.00707. The van der Waals surface area contributed by atoms with Gasteiger partial charge >= 0.3 is 0 Å². The van der Waals surface area contributed by atoms with Crippen LogP contribution in [0.15, 0.2) is 36.9 Å². The van der Waals surface area contributed by atoms with Gasteiger partial charge in [-0.15, -0.1) is 6.58 Å². The summed E-state index contributed by atoms with van der Waals surface area (Å²) in [5, 5.41) is 13.9. The summed E-state index contributed by atoms with van der Waals surface area (Å²) in [7, 11) is -2.54. The molecular weight excluding hydrogens is 771 g/mol. The van der Waals surface area contributed by atoms with Crippen LogP contribution in [-0.2, 0) is 39.0 Å². The van der Waals surface area contributed by atoms with Crippen LogP contribution in [0, 0.1) is 17.8 Å². The van der Waals surface area contributed by atoms with E-state index in [0.717, 1.165) is 11.3 Å². The first-order valence-corrected chi connectivity index (χ1v) is 29.5. The van der Waals surface area contributed by atoms with E-state index < -0.39 is 60.7 Å². The zero-order valence-electron chi connectivity index (χ0n) is 39.6. The highest BCUT2D eigenvalue weighted by molar-refractivity contribution is 6.75. The van der Waals surface area contributed by atoms with Gasteiger partial charge in [-0.2, -0.15) is 0 Å². The smallest absolute Gasteiger partial charge is 0.248 e. The Morgan fingerprint density at radius 2 is 1.40 bits per heavy atom. The zero-order chi connectivity index (χ0) is 44.2. The SMILES string of the molecule is C=C[C@H]([C@@H](O)[C@H](CO[Si](C)(C)C(C)(C)C)[C@H](O[Si](C)(C)C(C)(C)C)C1(C)O[C@@H]1[C@@H](C)COCc1ccc(OC)cc1)[C@@H](CC(=O)N(C)OC)O[Si](C)(C)C(C)(C)C. The predicted molar refractivity (Wildman–Crippen MR) is 240 cm³/mol. The average Bonchev–Trinajstić information content (AvgIpc) is 3.78. The highest BCUT2D eigenvalue weighted by Crippen LogP contribution is 2.52. The van der Waals surface area contributed by atoms with Crippen LogP contribution in [0.3, 0.4) is 0 Å². The third-order valence-electron chi connectivity index (χ3n) is 13.6. The number of ether oxygens (including phenoxy) is 3. The molecule has 8 atom stereocenters. The first-order valence-electron chi connectivity index (χ1n) is 20.8. The lowest BCUT2D eigenvalue weighted by molar-refractivity contribution is -0.171. The molecule has 1 unspecified atom stereocenters. The summed E-state index contributed by atoms with van der Waals surface area (Å²) in [5.74, 6) is -0.603. The second-order valence-corrected chi connectivity index (χ2v) is 35.4. The Morgan fingerprint density at radius 3 is 1.86 bits per heavy atom. The Hall–Kier alpha value is -1.40. The zero-order valence-corrected chi connectivity index (χ0v) is 42.6. The molecule has 0 aliphatic carbocycles. The van der Waals surface area contributed by atoms with Gasteiger partial charge in [0, 0.05) is 31.4 Å². The molecule has 1 aliphatic rings. The van der Waals surface area contributed by atoms with Crippen molar-refractivity contribution in [3.8, 4) is 5.75 Å². The van der Waals surface area contributed by atoms with Crippen molar-refractivity contribution < 1.29 is 42.2 Å². The van der Waals surface area contributed by atoms with Gasteiger partial charge in [0.05, 0.1) is 58.3 Å². The molecule has 1 heterocycles. The maximum Gasteiger partial charge on any atom is 0.248 e. The van der Waals surface area contributed by atoms with Gasteiger partial charge in [-0.25, -0.2) is 5.06 Å². The molecule has 0 spiro atoms. The summed E-state index contributed by atoms with van der Waals surface area (Å²) < 4.78 is 39.9. The van der Waals surface area contributed by atoms with E-state index in [0.29, 0.717) is 13.2 Å². The lowest BCUT2D eigenvalue weighted by atomic mass is 9.78. The van der Waals surface area contributed by atoms with Crippen LogP contribution in [0.2, 0.25) is 54.4 Å². The van der Waals surface area contributed by atoms with Crippen LogP contribution < -0.4 is 4.74 Å². The molecule has 0 bridgehead atoms. The van der Waals surface area contributed by atoms with E-state index in [9.17, 15) is 9.90 Å². The number of rotatable bonds is 22. The molecule has 1 N–H and O–H groups in total. The Bertz CT molecular complexity index is 1430. The second-order valence-electron chi connectivity index (χ2n) is 21.1. The number of aliphatic hydroxyl groups excluding tert-OH is 1. The normalized spacial score (nSPS) is 21.6. The monoisotopic (exact) mass is 854 g/mol. The van der Waals surface area contributed by atoms with Crippen molar-refractivity contribution in [3.63, 3.8) is 0 Å². The molecule has 1 aromatic rings. The summed E-state index contributed by atoms with van der Waals surface area (Å²) >= 11 is 0. The lowest BCUT2D eigenvalue weighted by Crippen LogP contribution is -2.57. The number of hydrogen-bond donors (Lipinski definition) is 1. The van der Waals surface area contributed by atoms with E-state index in [4.69, 9.17) is 32.3 Å². The number of carbonyl (C=O) groups is 1. The predicted octanol–water partition coefficient (Wildman–Crippen LogP) is 10.00. The molecule has 330 valence electrons.